The highest BCUT2D eigenvalue weighted by Gasteiger charge is 2.30. The number of alkyl halides is 3. The molecule has 0 aliphatic rings. The molecule has 0 aliphatic carbocycles. The van der Waals surface area contributed by atoms with Crippen LogP contribution in [0.15, 0.2) is 34.7 Å². The Balaban J connectivity index is 2.10. The lowest BCUT2D eigenvalue weighted by Gasteiger charge is -2.09. The summed E-state index contributed by atoms with van der Waals surface area (Å²) >= 11 is 0. The zero-order valence-electron chi connectivity index (χ0n) is 11.0. The van der Waals surface area contributed by atoms with E-state index in [1.807, 2.05) is 0 Å². The lowest BCUT2D eigenvalue weighted by atomic mass is 10.2. The highest BCUT2D eigenvalue weighted by molar-refractivity contribution is 5.86. The van der Waals surface area contributed by atoms with Gasteiger partial charge >= 0.3 is 12.1 Å². The minimum Gasteiger partial charge on any atom is -0.475 e. The Labute approximate surface area is 118 Å². The molecule has 0 unspecified atom stereocenters. The Bertz CT molecular complexity index is 662. The topological polar surface area (TPSA) is 62.5 Å². The van der Waals surface area contributed by atoms with Crippen molar-refractivity contribution in [3.8, 4) is 0 Å². The van der Waals surface area contributed by atoms with Crippen molar-refractivity contribution in [1.29, 1.82) is 0 Å². The van der Waals surface area contributed by atoms with Gasteiger partial charge in [0.05, 0.1) is 12.1 Å². The van der Waals surface area contributed by atoms with Gasteiger partial charge in [0.15, 0.2) is 0 Å². The minimum atomic E-state index is -4.41. The molecular formula is C14H12F3NO3. The standard InChI is InChI=1S/C14H12F3NO3/c1-8-5-11(21-12(8)13(19)20)7-18-10-4-2-3-9(6-10)14(15,16)17/h2-6,18H,7H2,1H3,(H,19,20). The molecule has 0 amide bonds. The number of furan rings is 1. The van der Waals surface area contributed by atoms with Gasteiger partial charge in [-0.25, -0.2) is 4.79 Å². The molecule has 112 valence electrons. The Morgan fingerprint density at radius 1 is 1.33 bits per heavy atom. The van der Waals surface area contributed by atoms with Crippen molar-refractivity contribution in [3.63, 3.8) is 0 Å². The Morgan fingerprint density at radius 2 is 2.05 bits per heavy atom. The number of hydrogen-bond donors (Lipinski definition) is 2. The van der Waals surface area contributed by atoms with E-state index >= 15 is 0 Å². The summed E-state index contributed by atoms with van der Waals surface area (Å²) in [6.45, 7) is 1.68. The molecule has 1 heterocycles. The fraction of sp³-hybridized carbons (Fsp3) is 0.214. The lowest BCUT2D eigenvalue weighted by molar-refractivity contribution is -0.137. The molecule has 0 aliphatic heterocycles. The smallest absolute Gasteiger partial charge is 0.416 e. The predicted octanol–water partition coefficient (Wildman–Crippen LogP) is 3.92. The van der Waals surface area contributed by atoms with E-state index in [2.05, 4.69) is 5.32 Å². The van der Waals surface area contributed by atoms with E-state index in [0.29, 0.717) is 11.3 Å². The number of anilines is 1. The molecule has 1 aromatic heterocycles. The minimum absolute atomic E-state index is 0.0927. The van der Waals surface area contributed by atoms with Gasteiger partial charge in [0.1, 0.15) is 5.76 Å². The zero-order valence-corrected chi connectivity index (χ0v) is 11.0. The van der Waals surface area contributed by atoms with Gasteiger partial charge in [-0.3, -0.25) is 0 Å². The van der Waals surface area contributed by atoms with Crippen LogP contribution in [0.25, 0.3) is 0 Å². The van der Waals surface area contributed by atoms with Crippen LogP contribution >= 0.6 is 0 Å². The van der Waals surface area contributed by atoms with E-state index < -0.39 is 17.7 Å². The molecule has 4 nitrogen and oxygen atoms in total. The second-order valence-electron chi connectivity index (χ2n) is 4.46. The van der Waals surface area contributed by atoms with Gasteiger partial charge in [0.2, 0.25) is 5.76 Å². The van der Waals surface area contributed by atoms with Crippen LogP contribution in [0.4, 0.5) is 18.9 Å². The summed E-state index contributed by atoms with van der Waals surface area (Å²) in [5.41, 5.74) is -0.0200. The van der Waals surface area contributed by atoms with Crippen molar-refractivity contribution >= 4 is 11.7 Å². The first-order chi connectivity index (χ1) is 9.77. The summed E-state index contributed by atoms with van der Waals surface area (Å²) in [7, 11) is 0. The van der Waals surface area contributed by atoms with E-state index in [1.165, 1.54) is 18.2 Å². The Kier molecular flexibility index (Phi) is 3.93. The normalized spacial score (nSPS) is 11.4. The van der Waals surface area contributed by atoms with E-state index in [0.717, 1.165) is 12.1 Å². The van der Waals surface area contributed by atoms with Crippen molar-refractivity contribution in [3.05, 3.63) is 53.0 Å². The number of carbonyl (C=O) groups is 1. The van der Waals surface area contributed by atoms with Crippen molar-refractivity contribution < 1.29 is 27.5 Å². The molecule has 0 radical (unpaired) electrons. The summed E-state index contributed by atoms with van der Waals surface area (Å²) in [4.78, 5) is 10.8. The van der Waals surface area contributed by atoms with E-state index in [-0.39, 0.29) is 18.0 Å². The van der Waals surface area contributed by atoms with Gasteiger partial charge in [0.25, 0.3) is 0 Å². The Morgan fingerprint density at radius 3 is 2.62 bits per heavy atom. The van der Waals surface area contributed by atoms with Crippen LogP contribution in [-0.2, 0) is 12.7 Å². The number of aromatic carboxylic acids is 1. The molecule has 1 aromatic carbocycles. The van der Waals surface area contributed by atoms with Crippen LogP contribution < -0.4 is 5.32 Å². The number of nitrogens with one attached hydrogen (secondary N) is 1. The maximum Gasteiger partial charge on any atom is 0.416 e. The monoisotopic (exact) mass is 299 g/mol. The summed E-state index contributed by atoms with van der Waals surface area (Å²) in [6.07, 6.45) is -4.41. The van der Waals surface area contributed by atoms with Gasteiger partial charge < -0.3 is 14.8 Å². The van der Waals surface area contributed by atoms with Crippen LogP contribution in [-0.4, -0.2) is 11.1 Å². The summed E-state index contributed by atoms with van der Waals surface area (Å²) < 4.78 is 42.8. The van der Waals surface area contributed by atoms with E-state index in [9.17, 15) is 18.0 Å². The molecule has 2 N–H and O–H groups in total. The fourth-order valence-electron chi connectivity index (χ4n) is 1.84. The molecule has 2 aromatic rings. The third-order valence-corrected chi connectivity index (χ3v) is 2.82. The van der Waals surface area contributed by atoms with Crippen LogP contribution in [0.2, 0.25) is 0 Å². The number of benzene rings is 1. The number of aryl methyl sites for hydroxylation is 1. The van der Waals surface area contributed by atoms with Gasteiger partial charge in [-0.05, 0) is 31.2 Å². The van der Waals surface area contributed by atoms with Crippen molar-refractivity contribution in [1.82, 2.24) is 0 Å². The number of rotatable bonds is 4. The maximum atomic E-state index is 12.6. The largest absolute Gasteiger partial charge is 0.475 e. The molecule has 0 saturated carbocycles. The summed E-state index contributed by atoms with van der Waals surface area (Å²) in [5.74, 6) is -1.02. The molecule has 0 saturated heterocycles. The maximum absolute atomic E-state index is 12.6. The molecular weight excluding hydrogens is 287 g/mol. The zero-order chi connectivity index (χ0) is 15.6. The second-order valence-corrected chi connectivity index (χ2v) is 4.46. The van der Waals surface area contributed by atoms with Crippen molar-refractivity contribution in [2.45, 2.75) is 19.6 Å². The van der Waals surface area contributed by atoms with Crippen LogP contribution in [0.3, 0.4) is 0 Å². The number of carboxylic acids is 1. The average Bonchev–Trinajstić information content (AvgIpc) is 2.77. The van der Waals surface area contributed by atoms with Gasteiger partial charge in [-0.15, -0.1) is 0 Å². The number of hydrogen-bond acceptors (Lipinski definition) is 3. The molecule has 0 spiro atoms. The van der Waals surface area contributed by atoms with E-state index in [4.69, 9.17) is 9.52 Å². The Hall–Kier alpha value is -2.44. The molecule has 0 bridgehead atoms. The third kappa shape index (κ3) is 3.56. The molecule has 0 fully saturated rings. The SMILES string of the molecule is Cc1cc(CNc2cccc(C(F)(F)F)c2)oc1C(=O)O. The summed E-state index contributed by atoms with van der Waals surface area (Å²) in [5, 5.41) is 11.6. The van der Waals surface area contributed by atoms with Crippen molar-refractivity contribution in [2.24, 2.45) is 0 Å². The summed E-state index contributed by atoms with van der Waals surface area (Å²) in [6, 6.07) is 6.27. The van der Waals surface area contributed by atoms with E-state index in [1.54, 1.807) is 6.92 Å². The van der Waals surface area contributed by atoms with Crippen LogP contribution in [0.5, 0.6) is 0 Å². The van der Waals surface area contributed by atoms with Crippen LogP contribution in [0, 0.1) is 6.92 Å². The predicted molar refractivity (Wildman–Crippen MR) is 69.2 cm³/mol. The molecule has 7 heteroatoms. The van der Waals surface area contributed by atoms with Gasteiger partial charge in [-0.2, -0.15) is 13.2 Å². The van der Waals surface area contributed by atoms with Gasteiger partial charge in [-0.1, -0.05) is 6.07 Å². The highest BCUT2D eigenvalue weighted by atomic mass is 19.4. The quantitative estimate of drug-likeness (QED) is 0.898. The average molecular weight is 299 g/mol. The first-order valence-corrected chi connectivity index (χ1v) is 6.01. The first-order valence-electron chi connectivity index (χ1n) is 6.01. The third-order valence-electron chi connectivity index (χ3n) is 2.82. The highest BCUT2D eigenvalue weighted by Crippen LogP contribution is 2.30. The molecule has 2 rings (SSSR count). The van der Waals surface area contributed by atoms with Gasteiger partial charge in [0, 0.05) is 11.3 Å². The molecule has 21 heavy (non-hydrogen) atoms. The fourth-order valence-corrected chi connectivity index (χ4v) is 1.84. The number of halogens is 3. The molecule has 0 atom stereocenters. The number of carboxylic acid groups (broad SMARTS) is 1. The van der Waals surface area contributed by atoms with Crippen LogP contribution in [0.1, 0.15) is 27.4 Å². The van der Waals surface area contributed by atoms with Crippen molar-refractivity contribution in [2.75, 3.05) is 5.32 Å². The second kappa shape index (κ2) is 5.51. The first kappa shape index (κ1) is 15.0. The lowest BCUT2D eigenvalue weighted by Crippen LogP contribution is -2.06.